The Balaban J connectivity index is 1.60. The van der Waals surface area contributed by atoms with Crippen LogP contribution >= 0.6 is 23.4 Å². The third-order valence-electron chi connectivity index (χ3n) is 5.42. The average Bonchev–Trinajstić information content (AvgIpc) is 3.20. The molecule has 2 aromatic carbocycles. The number of carbonyl (C=O) groups excluding carboxylic acids is 1. The lowest BCUT2D eigenvalue weighted by Crippen LogP contribution is -2.37. The maximum atomic E-state index is 12.7. The van der Waals surface area contributed by atoms with Crippen LogP contribution in [0.15, 0.2) is 53.5 Å². The van der Waals surface area contributed by atoms with E-state index < -0.39 is 9.84 Å². The summed E-state index contributed by atoms with van der Waals surface area (Å²) in [4.78, 5) is 19.0. The van der Waals surface area contributed by atoms with Crippen LogP contribution in [0.25, 0.3) is 0 Å². The van der Waals surface area contributed by atoms with Crippen LogP contribution in [0.5, 0.6) is 5.75 Å². The van der Waals surface area contributed by atoms with Gasteiger partial charge in [0.15, 0.2) is 15.0 Å². The van der Waals surface area contributed by atoms with E-state index in [4.69, 9.17) is 16.3 Å². The van der Waals surface area contributed by atoms with Crippen molar-refractivity contribution in [2.45, 2.75) is 37.5 Å². The van der Waals surface area contributed by atoms with Crippen LogP contribution in [0.2, 0.25) is 5.02 Å². The zero-order valence-electron chi connectivity index (χ0n) is 17.7. The van der Waals surface area contributed by atoms with E-state index in [9.17, 15) is 13.2 Å². The normalized spacial score (nSPS) is 22.8. The number of benzene rings is 2. The number of amidine groups is 1. The van der Waals surface area contributed by atoms with Crippen molar-refractivity contribution in [1.29, 1.82) is 0 Å². The molecule has 0 aliphatic carbocycles. The summed E-state index contributed by atoms with van der Waals surface area (Å²) in [6.45, 7) is 2.72. The molecule has 9 heteroatoms. The van der Waals surface area contributed by atoms with Crippen LogP contribution in [0.4, 0.5) is 5.69 Å². The van der Waals surface area contributed by atoms with E-state index in [0.717, 1.165) is 29.8 Å². The van der Waals surface area contributed by atoms with Crippen LogP contribution in [-0.2, 0) is 21.1 Å². The largest absolute Gasteiger partial charge is 0.494 e. The van der Waals surface area contributed by atoms with Gasteiger partial charge in [-0.25, -0.2) is 8.42 Å². The van der Waals surface area contributed by atoms with E-state index in [0.29, 0.717) is 16.8 Å². The first kappa shape index (κ1) is 23.1. The minimum absolute atomic E-state index is 0.0516. The van der Waals surface area contributed by atoms with Gasteiger partial charge < -0.3 is 9.64 Å². The molecule has 6 nitrogen and oxygen atoms in total. The van der Waals surface area contributed by atoms with Gasteiger partial charge in [-0.1, -0.05) is 54.9 Å². The van der Waals surface area contributed by atoms with Crippen molar-refractivity contribution in [3.8, 4) is 5.75 Å². The molecule has 0 aromatic heterocycles. The zero-order chi connectivity index (χ0) is 22.7. The number of nitrogens with zero attached hydrogens (tertiary/aromatic N) is 2. The summed E-state index contributed by atoms with van der Waals surface area (Å²) in [5.74, 6) is 0.585. The molecular weight excluding hydrogens is 468 g/mol. The van der Waals surface area contributed by atoms with Crippen molar-refractivity contribution >= 4 is 50.0 Å². The molecule has 2 fully saturated rings. The minimum Gasteiger partial charge on any atom is -0.494 e. The van der Waals surface area contributed by atoms with Crippen LogP contribution in [0, 0.1) is 0 Å². The number of sulfone groups is 1. The highest BCUT2D eigenvalue weighted by Gasteiger charge is 2.49. The van der Waals surface area contributed by atoms with E-state index in [-0.39, 0.29) is 35.1 Å². The maximum Gasteiger partial charge on any atom is 0.252 e. The second kappa shape index (κ2) is 9.85. The Bertz CT molecular complexity index is 1120. The quantitative estimate of drug-likeness (QED) is 0.534. The van der Waals surface area contributed by atoms with E-state index in [1.807, 2.05) is 29.2 Å². The number of amides is 1. The fourth-order valence-electron chi connectivity index (χ4n) is 3.85. The molecule has 0 N–H and O–H groups in total. The Morgan fingerprint density at radius 3 is 2.75 bits per heavy atom. The van der Waals surface area contributed by atoms with E-state index in [1.54, 1.807) is 24.3 Å². The topological polar surface area (TPSA) is 76.0 Å². The summed E-state index contributed by atoms with van der Waals surface area (Å²) in [5, 5.41) is 1.01. The Morgan fingerprint density at radius 1 is 1.22 bits per heavy atom. The molecule has 2 saturated heterocycles. The highest BCUT2D eigenvalue weighted by atomic mass is 35.5. The number of carbonyl (C=O) groups is 1. The summed E-state index contributed by atoms with van der Waals surface area (Å²) in [6.07, 6.45) is 2.15. The molecule has 4 rings (SSSR count). The Labute approximate surface area is 197 Å². The minimum atomic E-state index is -3.12. The van der Waals surface area contributed by atoms with Gasteiger partial charge in [0.05, 0.1) is 30.6 Å². The molecule has 32 heavy (non-hydrogen) atoms. The summed E-state index contributed by atoms with van der Waals surface area (Å²) in [7, 11) is -3.12. The van der Waals surface area contributed by atoms with Gasteiger partial charge in [-0.05, 0) is 36.2 Å². The Morgan fingerprint density at radius 2 is 2.00 bits per heavy atom. The van der Waals surface area contributed by atoms with Crippen molar-refractivity contribution in [3.05, 3.63) is 59.1 Å². The second-order valence-electron chi connectivity index (χ2n) is 7.96. The highest BCUT2D eigenvalue weighted by Crippen LogP contribution is 2.41. The van der Waals surface area contributed by atoms with Crippen molar-refractivity contribution in [2.24, 2.45) is 4.99 Å². The van der Waals surface area contributed by atoms with Crippen molar-refractivity contribution in [2.75, 3.05) is 23.0 Å². The number of ether oxygens (including phenoxy) is 1. The third-order valence-corrected chi connectivity index (χ3v) is 8.88. The lowest BCUT2D eigenvalue weighted by molar-refractivity contribution is -0.117. The standard InChI is InChI=1S/C23H25ClN2O4S2/c1-2-3-11-30-19-6-4-5-18(13-19)26-20-14-32(28,29)15-21(20)31-23(26)25-22(27)12-16-7-9-17(24)10-8-16/h4-10,13,20-21H,2-3,11-12,14-15H2,1H3/t20-,21+/m0/s1. The van der Waals surface area contributed by atoms with Crippen molar-refractivity contribution < 1.29 is 17.9 Å². The number of thioether (sulfide) groups is 1. The first-order chi connectivity index (χ1) is 15.3. The number of anilines is 1. The molecule has 2 aromatic rings. The van der Waals surface area contributed by atoms with Crippen LogP contribution in [0.1, 0.15) is 25.3 Å². The number of rotatable bonds is 7. The number of unbranched alkanes of at least 4 members (excludes halogenated alkanes) is 1. The number of halogens is 1. The molecular formula is C23H25ClN2O4S2. The van der Waals surface area contributed by atoms with E-state index in [2.05, 4.69) is 11.9 Å². The van der Waals surface area contributed by atoms with Gasteiger partial charge >= 0.3 is 0 Å². The average molecular weight is 493 g/mol. The number of aliphatic imine (C=N–C) groups is 1. The molecule has 2 aliphatic rings. The number of hydrogen-bond acceptors (Lipinski definition) is 5. The number of fused-ring (bicyclic) bond motifs is 1. The van der Waals surface area contributed by atoms with Crippen LogP contribution in [0.3, 0.4) is 0 Å². The summed E-state index contributed by atoms with van der Waals surface area (Å²) in [6, 6.07) is 14.4. The van der Waals surface area contributed by atoms with Gasteiger partial charge in [0.25, 0.3) is 5.91 Å². The SMILES string of the molecule is CCCCOc1cccc(N2C(=NC(=O)Cc3ccc(Cl)cc3)S[C@@H]3CS(=O)(=O)C[C@@H]32)c1. The molecule has 2 atom stereocenters. The summed E-state index contributed by atoms with van der Waals surface area (Å²) < 4.78 is 30.4. The zero-order valence-corrected chi connectivity index (χ0v) is 20.1. The first-order valence-electron chi connectivity index (χ1n) is 10.6. The van der Waals surface area contributed by atoms with Gasteiger partial charge in [0.1, 0.15) is 5.75 Å². The Hall–Kier alpha value is -2.03. The van der Waals surface area contributed by atoms with E-state index >= 15 is 0 Å². The first-order valence-corrected chi connectivity index (χ1v) is 13.7. The van der Waals surface area contributed by atoms with Gasteiger partial charge in [0.2, 0.25) is 0 Å². The second-order valence-corrected chi connectivity index (χ2v) is 11.8. The molecule has 170 valence electrons. The molecule has 0 saturated carbocycles. The number of hydrogen-bond donors (Lipinski definition) is 0. The molecule has 0 radical (unpaired) electrons. The van der Waals surface area contributed by atoms with Gasteiger partial charge in [-0.2, -0.15) is 4.99 Å². The smallest absolute Gasteiger partial charge is 0.252 e. The molecule has 1 amide bonds. The molecule has 2 aliphatic heterocycles. The van der Waals surface area contributed by atoms with Crippen molar-refractivity contribution in [1.82, 2.24) is 0 Å². The maximum absolute atomic E-state index is 12.7. The molecule has 2 heterocycles. The van der Waals surface area contributed by atoms with Gasteiger partial charge in [0, 0.05) is 22.0 Å². The predicted molar refractivity (Wildman–Crippen MR) is 131 cm³/mol. The van der Waals surface area contributed by atoms with Crippen LogP contribution in [-0.4, -0.2) is 48.9 Å². The lowest BCUT2D eigenvalue weighted by atomic mass is 10.1. The van der Waals surface area contributed by atoms with E-state index in [1.165, 1.54) is 11.8 Å². The van der Waals surface area contributed by atoms with Gasteiger partial charge in [-0.15, -0.1) is 0 Å². The molecule has 0 bridgehead atoms. The van der Waals surface area contributed by atoms with Gasteiger partial charge in [-0.3, -0.25) is 4.79 Å². The van der Waals surface area contributed by atoms with Crippen LogP contribution < -0.4 is 9.64 Å². The summed E-state index contributed by atoms with van der Waals surface area (Å²) in [5.41, 5.74) is 1.61. The van der Waals surface area contributed by atoms with Crippen molar-refractivity contribution in [3.63, 3.8) is 0 Å². The fourth-order valence-corrected chi connectivity index (χ4v) is 7.90. The lowest BCUT2D eigenvalue weighted by Gasteiger charge is -2.25. The molecule has 0 spiro atoms. The monoisotopic (exact) mass is 492 g/mol. The summed E-state index contributed by atoms with van der Waals surface area (Å²) >= 11 is 7.29. The third kappa shape index (κ3) is 5.47. The fraction of sp³-hybridized carbons (Fsp3) is 0.391. The Kier molecular flexibility index (Phi) is 7.12. The highest BCUT2D eigenvalue weighted by molar-refractivity contribution is 8.16. The predicted octanol–water partition coefficient (Wildman–Crippen LogP) is 4.36. The molecule has 0 unspecified atom stereocenters.